The summed E-state index contributed by atoms with van der Waals surface area (Å²) in [6, 6.07) is 15.6. The molecule has 2 N–H and O–H groups in total. The number of nitrogens with zero attached hydrogens (tertiary/aromatic N) is 3. The number of ether oxygens (including phenoxy) is 1. The van der Waals surface area contributed by atoms with Gasteiger partial charge in [0.1, 0.15) is 0 Å². The lowest BCUT2D eigenvalue weighted by Gasteiger charge is -2.15. The van der Waals surface area contributed by atoms with E-state index in [0.29, 0.717) is 22.5 Å². The number of carbonyl (C=O) groups excluding carboxylic acids is 1. The van der Waals surface area contributed by atoms with E-state index in [1.165, 1.54) is 11.8 Å². The lowest BCUT2D eigenvalue weighted by atomic mass is 10.1. The van der Waals surface area contributed by atoms with E-state index in [-0.39, 0.29) is 17.3 Å². The number of nitrogens with one attached hydrogen (secondary N) is 2. The third-order valence-corrected chi connectivity index (χ3v) is 7.02. The number of thioether (sulfide) groups is 1. The number of para-hydroxylation sites is 1. The SMILES string of the molecule is C[C@@H](Sc1nnc(-c2c[nH]c3ccccc23)n1-c1ccc(Cl)cc1)C(=O)NC[C@H]1CCCO1. The molecule has 1 aliphatic heterocycles. The highest BCUT2D eigenvalue weighted by atomic mass is 35.5. The number of amides is 1. The van der Waals surface area contributed by atoms with E-state index in [9.17, 15) is 4.79 Å². The molecule has 4 aromatic rings. The van der Waals surface area contributed by atoms with E-state index in [0.717, 1.165) is 41.6 Å². The lowest BCUT2D eigenvalue weighted by molar-refractivity contribution is -0.120. The fraction of sp³-hybridized carbons (Fsp3) is 0.292. The number of benzene rings is 2. The van der Waals surface area contributed by atoms with Crippen LogP contribution in [0, 0.1) is 0 Å². The summed E-state index contributed by atoms with van der Waals surface area (Å²) < 4.78 is 7.58. The summed E-state index contributed by atoms with van der Waals surface area (Å²) in [7, 11) is 0. The van der Waals surface area contributed by atoms with Gasteiger partial charge in [0.05, 0.1) is 11.4 Å². The van der Waals surface area contributed by atoms with Crippen molar-refractivity contribution in [3.8, 4) is 17.1 Å². The van der Waals surface area contributed by atoms with Crippen molar-refractivity contribution < 1.29 is 9.53 Å². The fourth-order valence-electron chi connectivity index (χ4n) is 3.98. The molecule has 9 heteroatoms. The maximum Gasteiger partial charge on any atom is 0.233 e. The Morgan fingerprint density at radius 3 is 2.88 bits per heavy atom. The molecule has 5 rings (SSSR count). The van der Waals surface area contributed by atoms with Gasteiger partial charge in [0, 0.05) is 46.5 Å². The van der Waals surface area contributed by atoms with Crippen molar-refractivity contribution in [3.63, 3.8) is 0 Å². The van der Waals surface area contributed by atoms with Crippen molar-refractivity contribution in [2.24, 2.45) is 0 Å². The molecule has 0 spiro atoms. The molecular formula is C24H24ClN5O2S. The van der Waals surface area contributed by atoms with E-state index in [2.05, 4.69) is 26.6 Å². The first-order valence-electron chi connectivity index (χ1n) is 10.9. The van der Waals surface area contributed by atoms with Gasteiger partial charge in [0.15, 0.2) is 11.0 Å². The lowest BCUT2D eigenvalue weighted by Crippen LogP contribution is -2.36. The highest BCUT2D eigenvalue weighted by molar-refractivity contribution is 8.00. The number of rotatable bonds is 7. The van der Waals surface area contributed by atoms with Crippen LogP contribution in [0.1, 0.15) is 19.8 Å². The summed E-state index contributed by atoms with van der Waals surface area (Å²) in [5.74, 6) is 0.652. The molecule has 2 aromatic heterocycles. The number of fused-ring (bicyclic) bond motifs is 1. The Morgan fingerprint density at radius 1 is 1.27 bits per heavy atom. The zero-order chi connectivity index (χ0) is 22.8. The molecule has 1 saturated heterocycles. The van der Waals surface area contributed by atoms with Crippen molar-refractivity contribution in [2.75, 3.05) is 13.2 Å². The third kappa shape index (κ3) is 4.64. The first-order valence-corrected chi connectivity index (χ1v) is 12.2. The Hall–Kier alpha value is -2.81. The van der Waals surface area contributed by atoms with E-state index in [1.54, 1.807) is 0 Å². The summed E-state index contributed by atoms with van der Waals surface area (Å²) >= 11 is 7.51. The Labute approximate surface area is 200 Å². The van der Waals surface area contributed by atoms with Crippen LogP contribution < -0.4 is 5.32 Å². The molecule has 2 aromatic carbocycles. The van der Waals surface area contributed by atoms with Crippen molar-refractivity contribution in [3.05, 3.63) is 59.8 Å². The van der Waals surface area contributed by atoms with Crippen molar-refractivity contribution >= 4 is 40.2 Å². The van der Waals surface area contributed by atoms with Crippen LogP contribution in [0.2, 0.25) is 5.02 Å². The van der Waals surface area contributed by atoms with E-state index in [4.69, 9.17) is 16.3 Å². The Morgan fingerprint density at radius 2 is 2.09 bits per heavy atom. The number of aromatic amines is 1. The van der Waals surface area contributed by atoms with Crippen LogP contribution in [0.4, 0.5) is 0 Å². The molecule has 0 radical (unpaired) electrons. The van der Waals surface area contributed by atoms with Crippen LogP contribution in [0.25, 0.3) is 28.0 Å². The quantitative estimate of drug-likeness (QED) is 0.369. The normalized spacial score (nSPS) is 16.8. The van der Waals surface area contributed by atoms with Gasteiger partial charge in [-0.1, -0.05) is 41.6 Å². The molecule has 170 valence electrons. The second-order valence-corrected chi connectivity index (χ2v) is 9.75. The number of hydrogen-bond acceptors (Lipinski definition) is 5. The molecule has 0 unspecified atom stereocenters. The number of carbonyl (C=O) groups is 1. The predicted molar refractivity (Wildman–Crippen MR) is 131 cm³/mol. The Kier molecular flexibility index (Phi) is 6.39. The smallest absolute Gasteiger partial charge is 0.233 e. The average Bonchev–Trinajstić information content (AvgIpc) is 3.58. The highest BCUT2D eigenvalue weighted by Gasteiger charge is 2.24. The Balaban J connectivity index is 1.46. The van der Waals surface area contributed by atoms with Crippen molar-refractivity contribution in [2.45, 2.75) is 36.3 Å². The maximum absolute atomic E-state index is 12.7. The van der Waals surface area contributed by atoms with Crippen LogP contribution in [0.3, 0.4) is 0 Å². The number of aromatic nitrogens is 4. The molecular weight excluding hydrogens is 458 g/mol. The van der Waals surface area contributed by atoms with Crippen LogP contribution in [-0.4, -0.2) is 50.2 Å². The van der Waals surface area contributed by atoms with Crippen LogP contribution in [0.5, 0.6) is 0 Å². The second-order valence-electron chi connectivity index (χ2n) is 8.01. The fourth-order valence-corrected chi connectivity index (χ4v) is 4.99. The molecule has 1 amide bonds. The van der Waals surface area contributed by atoms with Crippen LogP contribution >= 0.6 is 23.4 Å². The highest BCUT2D eigenvalue weighted by Crippen LogP contribution is 2.34. The summed E-state index contributed by atoms with van der Waals surface area (Å²) in [5, 5.41) is 14.0. The molecule has 1 fully saturated rings. The van der Waals surface area contributed by atoms with Crippen molar-refractivity contribution in [1.29, 1.82) is 0 Å². The van der Waals surface area contributed by atoms with Gasteiger partial charge in [-0.2, -0.15) is 0 Å². The van der Waals surface area contributed by atoms with Gasteiger partial charge in [0.25, 0.3) is 0 Å². The minimum atomic E-state index is -0.350. The predicted octanol–water partition coefficient (Wildman–Crippen LogP) is 4.84. The minimum absolute atomic E-state index is 0.0465. The average molecular weight is 482 g/mol. The van der Waals surface area contributed by atoms with E-state index in [1.807, 2.05) is 60.2 Å². The summed E-state index contributed by atoms with van der Waals surface area (Å²) in [6.45, 7) is 3.18. The Bertz CT molecular complexity index is 1260. The third-order valence-electron chi connectivity index (χ3n) is 5.73. The molecule has 7 nitrogen and oxygen atoms in total. The molecule has 33 heavy (non-hydrogen) atoms. The van der Waals surface area contributed by atoms with E-state index < -0.39 is 0 Å². The number of H-pyrrole nitrogens is 1. The zero-order valence-electron chi connectivity index (χ0n) is 18.1. The molecule has 2 atom stereocenters. The van der Waals surface area contributed by atoms with Gasteiger partial charge in [-0.25, -0.2) is 0 Å². The number of halogens is 1. The molecule has 0 aliphatic carbocycles. The molecule has 0 bridgehead atoms. The molecule has 1 aliphatic rings. The van der Waals surface area contributed by atoms with Gasteiger partial charge in [-0.3, -0.25) is 9.36 Å². The van der Waals surface area contributed by atoms with Gasteiger partial charge in [0.2, 0.25) is 5.91 Å². The van der Waals surface area contributed by atoms with E-state index >= 15 is 0 Å². The standard InChI is InChI=1S/C24H24ClN5O2S/c1-15(23(31)27-13-18-5-4-12-32-18)33-24-29-28-22(30(24)17-10-8-16(25)9-11-17)20-14-26-21-7-3-2-6-19(20)21/h2-3,6-11,14-15,18,26H,4-5,12-13H2,1H3,(H,27,31)/t15-,18-/m1/s1. The van der Waals surface area contributed by atoms with Gasteiger partial charge >= 0.3 is 0 Å². The summed E-state index contributed by atoms with van der Waals surface area (Å²) in [4.78, 5) is 16.0. The first-order chi connectivity index (χ1) is 16.1. The summed E-state index contributed by atoms with van der Waals surface area (Å²) in [6.07, 6.45) is 4.08. The first kappa shape index (κ1) is 22.0. The monoisotopic (exact) mass is 481 g/mol. The largest absolute Gasteiger partial charge is 0.376 e. The van der Waals surface area contributed by atoms with Crippen LogP contribution in [-0.2, 0) is 9.53 Å². The topological polar surface area (TPSA) is 84.8 Å². The molecule has 3 heterocycles. The second kappa shape index (κ2) is 9.59. The maximum atomic E-state index is 12.7. The van der Waals surface area contributed by atoms with Gasteiger partial charge in [-0.05, 0) is 50.1 Å². The minimum Gasteiger partial charge on any atom is -0.376 e. The van der Waals surface area contributed by atoms with Gasteiger partial charge < -0.3 is 15.0 Å². The van der Waals surface area contributed by atoms with Crippen LogP contribution in [0.15, 0.2) is 59.9 Å². The number of hydrogen-bond donors (Lipinski definition) is 2. The summed E-state index contributed by atoms with van der Waals surface area (Å²) in [5.41, 5.74) is 2.84. The zero-order valence-corrected chi connectivity index (χ0v) is 19.7. The van der Waals surface area contributed by atoms with Gasteiger partial charge in [-0.15, -0.1) is 10.2 Å². The van der Waals surface area contributed by atoms with Crippen molar-refractivity contribution in [1.82, 2.24) is 25.1 Å². The molecule has 0 saturated carbocycles.